The number of aryl methyl sites for hydroxylation is 1. The third kappa shape index (κ3) is 4.73. The van der Waals surface area contributed by atoms with Crippen LogP contribution in [0.2, 0.25) is 0 Å². The van der Waals surface area contributed by atoms with Gasteiger partial charge in [0.1, 0.15) is 11.5 Å². The maximum atomic E-state index is 5.87. The van der Waals surface area contributed by atoms with Gasteiger partial charge < -0.3 is 16.2 Å². The summed E-state index contributed by atoms with van der Waals surface area (Å²) in [7, 11) is 0. The van der Waals surface area contributed by atoms with Crippen LogP contribution >= 0.6 is 24.0 Å². The molecule has 0 aliphatic rings. The molecule has 2 rings (SSSR count). The molecule has 0 unspecified atom stereocenters. The van der Waals surface area contributed by atoms with Crippen LogP contribution in [-0.4, -0.2) is 5.96 Å². The molecule has 106 valence electrons. The highest BCUT2D eigenvalue weighted by molar-refractivity contribution is 14.0. The summed E-state index contributed by atoms with van der Waals surface area (Å²) in [4.78, 5) is 4.01. The van der Waals surface area contributed by atoms with Crippen LogP contribution < -0.4 is 16.2 Å². The van der Waals surface area contributed by atoms with Crippen molar-refractivity contribution in [3.8, 4) is 11.5 Å². The highest BCUT2D eigenvalue weighted by atomic mass is 127. The fourth-order valence-electron chi connectivity index (χ4n) is 1.72. The van der Waals surface area contributed by atoms with Gasteiger partial charge >= 0.3 is 0 Å². The van der Waals surface area contributed by atoms with Crippen molar-refractivity contribution < 1.29 is 4.74 Å². The van der Waals surface area contributed by atoms with Crippen LogP contribution in [-0.2, 0) is 6.54 Å². The number of rotatable bonds is 4. The average molecular weight is 383 g/mol. The Morgan fingerprint density at radius 3 is 2.55 bits per heavy atom. The first-order valence-electron chi connectivity index (χ1n) is 6.03. The zero-order chi connectivity index (χ0) is 13.7. The molecule has 0 saturated heterocycles. The number of ether oxygens (including phenoxy) is 1. The molecule has 5 heteroatoms. The van der Waals surface area contributed by atoms with E-state index in [1.54, 1.807) is 0 Å². The highest BCUT2D eigenvalue weighted by Gasteiger charge is 2.04. The normalized spacial score (nSPS) is 9.45. The van der Waals surface area contributed by atoms with Crippen LogP contribution in [0.4, 0.5) is 0 Å². The fourth-order valence-corrected chi connectivity index (χ4v) is 1.72. The van der Waals surface area contributed by atoms with Gasteiger partial charge in [-0.15, -0.1) is 24.0 Å². The number of nitrogens with two attached hydrogens (primary N) is 2. The summed E-state index contributed by atoms with van der Waals surface area (Å²) in [6.07, 6.45) is 0. The second-order valence-electron chi connectivity index (χ2n) is 4.27. The van der Waals surface area contributed by atoms with Gasteiger partial charge in [-0.05, 0) is 30.7 Å². The lowest BCUT2D eigenvalue weighted by Crippen LogP contribution is -2.22. The summed E-state index contributed by atoms with van der Waals surface area (Å²) in [5.74, 6) is 1.64. The lowest BCUT2D eigenvalue weighted by atomic mass is 10.2. The van der Waals surface area contributed by atoms with E-state index in [1.165, 1.54) is 0 Å². The van der Waals surface area contributed by atoms with Crippen molar-refractivity contribution in [3.63, 3.8) is 0 Å². The average Bonchev–Trinajstić information content (AvgIpc) is 2.38. The third-order valence-electron chi connectivity index (χ3n) is 2.62. The van der Waals surface area contributed by atoms with Crippen LogP contribution in [0.1, 0.15) is 11.1 Å². The van der Waals surface area contributed by atoms with Gasteiger partial charge in [0.2, 0.25) is 0 Å². The molecule has 0 saturated carbocycles. The Morgan fingerprint density at radius 2 is 1.85 bits per heavy atom. The van der Waals surface area contributed by atoms with E-state index in [1.807, 2.05) is 55.5 Å². The molecule has 4 N–H and O–H groups in total. The van der Waals surface area contributed by atoms with Crippen molar-refractivity contribution in [1.29, 1.82) is 0 Å². The van der Waals surface area contributed by atoms with E-state index in [2.05, 4.69) is 4.99 Å². The first-order chi connectivity index (χ1) is 9.15. The summed E-state index contributed by atoms with van der Waals surface area (Å²) in [5, 5.41) is 0. The van der Waals surface area contributed by atoms with E-state index in [-0.39, 0.29) is 29.9 Å². The van der Waals surface area contributed by atoms with E-state index in [0.717, 1.165) is 22.6 Å². The Hall–Kier alpha value is -1.76. The van der Waals surface area contributed by atoms with Gasteiger partial charge in [-0.2, -0.15) is 0 Å². The molecular weight excluding hydrogens is 365 g/mol. The maximum absolute atomic E-state index is 5.87. The first kappa shape index (κ1) is 16.3. The number of halogens is 1. The van der Waals surface area contributed by atoms with E-state index in [4.69, 9.17) is 16.2 Å². The minimum Gasteiger partial charge on any atom is -0.457 e. The molecule has 0 radical (unpaired) electrons. The Morgan fingerprint density at radius 1 is 1.10 bits per heavy atom. The molecule has 0 amide bonds. The summed E-state index contributed by atoms with van der Waals surface area (Å²) in [5.41, 5.74) is 12.8. The van der Waals surface area contributed by atoms with Crippen LogP contribution in [0.25, 0.3) is 0 Å². The molecule has 0 spiro atoms. The van der Waals surface area contributed by atoms with Crippen LogP contribution in [0.3, 0.4) is 0 Å². The minimum absolute atomic E-state index is 0. The second-order valence-corrected chi connectivity index (χ2v) is 4.27. The lowest BCUT2D eigenvalue weighted by molar-refractivity contribution is 0.476. The summed E-state index contributed by atoms with van der Waals surface area (Å²) >= 11 is 0. The van der Waals surface area contributed by atoms with Gasteiger partial charge in [-0.25, -0.2) is 4.99 Å². The zero-order valence-corrected chi connectivity index (χ0v) is 13.6. The Balaban J connectivity index is 0.00000200. The van der Waals surface area contributed by atoms with Crippen LogP contribution in [0.15, 0.2) is 53.5 Å². The predicted octanol–water partition coefficient (Wildman–Crippen LogP) is 3.18. The van der Waals surface area contributed by atoms with Gasteiger partial charge in [-0.1, -0.05) is 30.3 Å². The smallest absolute Gasteiger partial charge is 0.186 e. The molecule has 20 heavy (non-hydrogen) atoms. The molecule has 0 aliphatic carbocycles. The first-order valence-corrected chi connectivity index (χ1v) is 6.03. The van der Waals surface area contributed by atoms with Gasteiger partial charge in [0, 0.05) is 5.56 Å². The molecule has 0 fully saturated rings. The van der Waals surface area contributed by atoms with Gasteiger partial charge in [-0.3, -0.25) is 0 Å². The highest BCUT2D eigenvalue weighted by Crippen LogP contribution is 2.26. The molecule has 0 bridgehead atoms. The second kappa shape index (κ2) is 7.74. The number of para-hydroxylation sites is 1. The Bertz CT molecular complexity index is 595. The van der Waals surface area contributed by atoms with Crippen molar-refractivity contribution in [2.24, 2.45) is 16.5 Å². The standard InChI is InChI=1S/C15H17N3O.HI/c1-11-5-4-7-13(9-11)19-14-8-3-2-6-12(14)10-18-15(16)17;/h2-9H,10H2,1H3,(H4,16,17,18);1H. The Labute approximate surface area is 135 Å². The molecule has 0 heterocycles. The van der Waals surface area contributed by atoms with Gasteiger partial charge in [0.05, 0.1) is 6.54 Å². The van der Waals surface area contributed by atoms with Crippen molar-refractivity contribution in [3.05, 3.63) is 59.7 Å². The number of nitrogens with zero attached hydrogens (tertiary/aromatic N) is 1. The number of hydrogen-bond donors (Lipinski definition) is 2. The van der Waals surface area contributed by atoms with Gasteiger partial charge in [0.25, 0.3) is 0 Å². The quantitative estimate of drug-likeness (QED) is 0.484. The van der Waals surface area contributed by atoms with Crippen molar-refractivity contribution in [2.75, 3.05) is 0 Å². The topological polar surface area (TPSA) is 73.6 Å². The lowest BCUT2D eigenvalue weighted by Gasteiger charge is -2.10. The summed E-state index contributed by atoms with van der Waals surface area (Å²) in [6, 6.07) is 15.6. The SMILES string of the molecule is Cc1cccc(Oc2ccccc2CN=C(N)N)c1.I. The molecule has 0 aliphatic heterocycles. The predicted molar refractivity (Wildman–Crippen MR) is 92.6 cm³/mol. The monoisotopic (exact) mass is 383 g/mol. The summed E-state index contributed by atoms with van der Waals surface area (Å²) < 4.78 is 5.87. The fraction of sp³-hybridized carbons (Fsp3) is 0.133. The zero-order valence-electron chi connectivity index (χ0n) is 11.2. The number of hydrogen-bond acceptors (Lipinski definition) is 2. The number of aliphatic imine (C=N–C) groups is 1. The maximum Gasteiger partial charge on any atom is 0.186 e. The van der Waals surface area contributed by atoms with E-state index < -0.39 is 0 Å². The molecule has 2 aromatic rings. The Kier molecular flexibility index (Phi) is 6.30. The van der Waals surface area contributed by atoms with E-state index in [9.17, 15) is 0 Å². The molecule has 4 nitrogen and oxygen atoms in total. The molecule has 2 aromatic carbocycles. The minimum atomic E-state index is 0. The van der Waals surface area contributed by atoms with E-state index in [0.29, 0.717) is 6.54 Å². The largest absolute Gasteiger partial charge is 0.457 e. The van der Waals surface area contributed by atoms with Gasteiger partial charge in [0.15, 0.2) is 5.96 Å². The third-order valence-corrected chi connectivity index (χ3v) is 2.62. The van der Waals surface area contributed by atoms with Crippen LogP contribution in [0, 0.1) is 6.92 Å². The number of guanidine groups is 1. The van der Waals surface area contributed by atoms with Crippen LogP contribution in [0.5, 0.6) is 11.5 Å². The number of benzene rings is 2. The molecule has 0 atom stereocenters. The van der Waals surface area contributed by atoms with Crippen molar-refractivity contribution in [1.82, 2.24) is 0 Å². The van der Waals surface area contributed by atoms with Crippen molar-refractivity contribution >= 4 is 29.9 Å². The van der Waals surface area contributed by atoms with E-state index >= 15 is 0 Å². The summed E-state index contributed by atoms with van der Waals surface area (Å²) in [6.45, 7) is 2.43. The molecule has 0 aromatic heterocycles. The van der Waals surface area contributed by atoms with Crippen molar-refractivity contribution in [2.45, 2.75) is 13.5 Å². The molecular formula is C15H18IN3O.